The molecule has 0 aliphatic carbocycles. The highest BCUT2D eigenvalue weighted by atomic mass is 79.9. The maximum atomic E-state index is 13.5. The monoisotopic (exact) mass is 529 g/mol. The van der Waals surface area contributed by atoms with Crippen molar-refractivity contribution in [1.82, 2.24) is 5.43 Å². The van der Waals surface area contributed by atoms with Crippen LogP contribution >= 0.6 is 15.9 Å². The first kappa shape index (κ1) is 24.5. The fourth-order valence-electron chi connectivity index (χ4n) is 3.05. The van der Waals surface area contributed by atoms with E-state index >= 15 is 0 Å². The fraction of sp³-hybridized carbons (Fsp3) is 0.167. The number of hydrogen-bond acceptors (Lipinski definition) is 5. The average Bonchev–Trinajstić information content (AvgIpc) is 2.79. The Balaban J connectivity index is 1.94. The Kier molecular flexibility index (Phi) is 7.88. The summed E-state index contributed by atoms with van der Waals surface area (Å²) in [5, 5.41) is 3.97. The first-order chi connectivity index (χ1) is 15.7. The Bertz CT molecular complexity index is 1280. The molecule has 0 aliphatic heterocycles. The molecule has 1 N–H and O–H groups in total. The van der Waals surface area contributed by atoms with Crippen molar-refractivity contribution in [1.29, 1.82) is 0 Å². The van der Waals surface area contributed by atoms with Gasteiger partial charge in [-0.25, -0.2) is 13.8 Å². The van der Waals surface area contributed by atoms with E-state index in [-0.39, 0.29) is 10.6 Å². The molecule has 172 valence electrons. The third-order valence-electron chi connectivity index (χ3n) is 4.80. The van der Waals surface area contributed by atoms with Gasteiger partial charge in [0.15, 0.2) is 0 Å². The summed E-state index contributed by atoms with van der Waals surface area (Å²) in [5.41, 5.74) is 5.18. The van der Waals surface area contributed by atoms with E-state index < -0.39 is 22.5 Å². The predicted octanol–water partition coefficient (Wildman–Crippen LogP) is 4.42. The summed E-state index contributed by atoms with van der Waals surface area (Å²) in [5.74, 6) is -0.265. The summed E-state index contributed by atoms with van der Waals surface area (Å²) in [6.45, 7) is 3.22. The van der Waals surface area contributed by atoms with E-state index in [1.165, 1.54) is 25.5 Å². The summed E-state index contributed by atoms with van der Waals surface area (Å²) in [6.07, 6.45) is 1.48. The normalized spacial score (nSPS) is 11.4. The first-order valence-corrected chi connectivity index (χ1v) is 12.3. The third kappa shape index (κ3) is 6.00. The number of halogens is 1. The van der Waals surface area contributed by atoms with E-state index in [1.54, 1.807) is 30.3 Å². The first-order valence-electron chi connectivity index (χ1n) is 10.0. The van der Waals surface area contributed by atoms with Gasteiger partial charge in [0.25, 0.3) is 15.9 Å². The van der Waals surface area contributed by atoms with Crippen LogP contribution < -0.4 is 14.5 Å². The van der Waals surface area contributed by atoms with Crippen LogP contribution in [0.25, 0.3) is 0 Å². The van der Waals surface area contributed by atoms with Crippen molar-refractivity contribution in [3.05, 3.63) is 87.9 Å². The number of ether oxygens (including phenoxy) is 1. The standard InChI is InChI=1S/C24H24BrN3O4S/c1-17-8-11-20(12-9-17)33(30,31)28(22-14-18(2)10-13-23(22)32-3)16-24(29)27-26-15-19-6-4-5-7-21(19)25/h4-15H,16H2,1-3H3,(H,27,29)/b26-15-. The van der Waals surface area contributed by atoms with E-state index in [0.717, 1.165) is 25.5 Å². The number of nitrogens with zero attached hydrogens (tertiary/aromatic N) is 2. The van der Waals surface area contributed by atoms with Crippen molar-refractivity contribution >= 4 is 43.8 Å². The molecule has 3 aromatic rings. The van der Waals surface area contributed by atoms with Gasteiger partial charge < -0.3 is 4.74 Å². The molecule has 7 nitrogen and oxygen atoms in total. The largest absolute Gasteiger partial charge is 0.495 e. The number of aryl methyl sites for hydroxylation is 2. The summed E-state index contributed by atoms with van der Waals surface area (Å²) in [7, 11) is -2.61. The van der Waals surface area contributed by atoms with Gasteiger partial charge >= 0.3 is 0 Å². The van der Waals surface area contributed by atoms with Gasteiger partial charge in [0, 0.05) is 10.0 Å². The third-order valence-corrected chi connectivity index (χ3v) is 7.29. The molecular weight excluding hydrogens is 506 g/mol. The number of rotatable bonds is 8. The maximum absolute atomic E-state index is 13.5. The quantitative estimate of drug-likeness (QED) is 0.345. The lowest BCUT2D eigenvalue weighted by Gasteiger charge is -2.25. The number of hydrogen-bond donors (Lipinski definition) is 1. The highest BCUT2D eigenvalue weighted by Gasteiger charge is 2.29. The molecule has 9 heteroatoms. The summed E-state index contributed by atoms with van der Waals surface area (Å²) >= 11 is 3.41. The smallest absolute Gasteiger partial charge is 0.264 e. The Hall–Kier alpha value is -3.17. The van der Waals surface area contributed by atoms with Crippen LogP contribution in [-0.4, -0.2) is 34.2 Å². The lowest BCUT2D eigenvalue weighted by atomic mass is 10.2. The van der Waals surface area contributed by atoms with Crippen LogP contribution in [0.2, 0.25) is 0 Å². The number of amides is 1. The molecule has 0 bridgehead atoms. The van der Waals surface area contributed by atoms with Gasteiger partial charge in [0.05, 0.1) is 23.9 Å². The minimum Gasteiger partial charge on any atom is -0.495 e. The maximum Gasteiger partial charge on any atom is 0.264 e. The number of sulfonamides is 1. The van der Waals surface area contributed by atoms with Gasteiger partial charge in [-0.2, -0.15) is 5.10 Å². The second kappa shape index (κ2) is 10.6. The number of methoxy groups -OCH3 is 1. The molecule has 0 spiro atoms. The Morgan fingerprint density at radius 3 is 2.39 bits per heavy atom. The van der Waals surface area contributed by atoms with E-state index in [9.17, 15) is 13.2 Å². The molecule has 0 fully saturated rings. The topological polar surface area (TPSA) is 88.1 Å². The molecule has 3 rings (SSSR count). The molecule has 0 atom stereocenters. The van der Waals surface area contributed by atoms with Gasteiger partial charge in [-0.15, -0.1) is 0 Å². The van der Waals surface area contributed by atoms with E-state index in [0.29, 0.717) is 5.75 Å². The van der Waals surface area contributed by atoms with Crippen molar-refractivity contribution in [2.24, 2.45) is 5.10 Å². The Morgan fingerprint density at radius 1 is 1.06 bits per heavy atom. The highest BCUT2D eigenvalue weighted by Crippen LogP contribution is 2.33. The van der Waals surface area contributed by atoms with Gasteiger partial charge in [0.1, 0.15) is 12.3 Å². The molecule has 0 aromatic heterocycles. The van der Waals surface area contributed by atoms with Crippen molar-refractivity contribution in [3.63, 3.8) is 0 Å². The second-order valence-corrected chi connectivity index (χ2v) is 10.0. The van der Waals surface area contributed by atoms with Crippen LogP contribution in [0.15, 0.2) is 81.2 Å². The molecule has 1 amide bonds. The molecule has 0 aliphatic rings. The summed E-state index contributed by atoms with van der Waals surface area (Å²) < 4.78 is 34.3. The molecule has 3 aromatic carbocycles. The zero-order chi connectivity index (χ0) is 24.0. The van der Waals surface area contributed by atoms with E-state index in [4.69, 9.17) is 4.74 Å². The highest BCUT2D eigenvalue weighted by molar-refractivity contribution is 9.10. The van der Waals surface area contributed by atoms with Crippen LogP contribution in [0.3, 0.4) is 0 Å². The van der Waals surface area contributed by atoms with Crippen molar-refractivity contribution in [2.75, 3.05) is 18.0 Å². The molecule has 0 radical (unpaired) electrons. The predicted molar refractivity (Wildman–Crippen MR) is 133 cm³/mol. The Labute approximate surface area is 202 Å². The van der Waals surface area contributed by atoms with Gasteiger partial charge in [0.2, 0.25) is 0 Å². The van der Waals surface area contributed by atoms with Crippen molar-refractivity contribution in [2.45, 2.75) is 18.7 Å². The number of carbonyl (C=O) groups is 1. The van der Waals surface area contributed by atoms with Crippen molar-refractivity contribution in [3.8, 4) is 5.75 Å². The fourth-order valence-corrected chi connectivity index (χ4v) is 4.86. The average molecular weight is 530 g/mol. The molecule has 0 unspecified atom stereocenters. The molecule has 33 heavy (non-hydrogen) atoms. The van der Waals surface area contributed by atoms with Crippen LogP contribution in [0.1, 0.15) is 16.7 Å². The molecular formula is C24H24BrN3O4S. The SMILES string of the molecule is COc1ccc(C)cc1N(CC(=O)N/N=C\c1ccccc1Br)S(=O)(=O)c1ccc(C)cc1. The second-order valence-electron chi connectivity index (χ2n) is 7.31. The minimum absolute atomic E-state index is 0.0705. The van der Waals surface area contributed by atoms with Gasteiger partial charge in [-0.1, -0.05) is 57.9 Å². The van der Waals surface area contributed by atoms with E-state index in [2.05, 4.69) is 26.5 Å². The Morgan fingerprint density at radius 2 is 1.73 bits per heavy atom. The summed E-state index contributed by atoms with van der Waals surface area (Å²) in [4.78, 5) is 12.8. The van der Waals surface area contributed by atoms with Crippen LogP contribution in [0.5, 0.6) is 5.75 Å². The van der Waals surface area contributed by atoms with E-state index in [1.807, 2.05) is 38.1 Å². The number of carbonyl (C=O) groups excluding carboxylic acids is 1. The number of benzene rings is 3. The molecule has 0 heterocycles. The number of hydrazone groups is 1. The van der Waals surface area contributed by atoms with Crippen LogP contribution in [0.4, 0.5) is 5.69 Å². The van der Waals surface area contributed by atoms with Crippen LogP contribution in [-0.2, 0) is 14.8 Å². The van der Waals surface area contributed by atoms with Crippen LogP contribution in [0, 0.1) is 13.8 Å². The molecule has 0 saturated carbocycles. The van der Waals surface area contributed by atoms with Gasteiger partial charge in [-0.05, 0) is 49.7 Å². The minimum atomic E-state index is -4.07. The lowest BCUT2D eigenvalue weighted by Crippen LogP contribution is -2.39. The summed E-state index contributed by atoms with van der Waals surface area (Å²) in [6, 6.07) is 19.0. The van der Waals surface area contributed by atoms with Crippen molar-refractivity contribution < 1.29 is 17.9 Å². The van der Waals surface area contributed by atoms with Gasteiger partial charge in [-0.3, -0.25) is 9.10 Å². The number of anilines is 1. The lowest BCUT2D eigenvalue weighted by molar-refractivity contribution is -0.119. The number of nitrogens with one attached hydrogen (secondary N) is 1. The zero-order valence-electron chi connectivity index (χ0n) is 18.4. The molecule has 0 saturated heterocycles. The zero-order valence-corrected chi connectivity index (χ0v) is 20.9.